The average molecular weight is 344 g/mol. The number of anilines is 1. The maximum absolute atomic E-state index is 12.3. The minimum Gasteiger partial charge on any atom is -0.334 e. The van der Waals surface area contributed by atoms with E-state index in [1.54, 1.807) is 42.5 Å². The number of urea groups is 1. The molecule has 0 aliphatic carbocycles. The van der Waals surface area contributed by atoms with Gasteiger partial charge >= 0.3 is 6.03 Å². The molecule has 24 heavy (non-hydrogen) atoms. The van der Waals surface area contributed by atoms with E-state index in [0.717, 1.165) is 5.56 Å². The van der Waals surface area contributed by atoms with Crippen molar-refractivity contribution in [3.05, 3.63) is 78.4 Å². The van der Waals surface area contributed by atoms with Crippen LogP contribution in [0.2, 0.25) is 0 Å². The van der Waals surface area contributed by atoms with Crippen LogP contribution in [0.3, 0.4) is 0 Å². The van der Waals surface area contributed by atoms with Crippen LogP contribution in [-0.4, -0.2) is 21.0 Å². The van der Waals surface area contributed by atoms with E-state index in [4.69, 9.17) is 0 Å². The third kappa shape index (κ3) is 5.89. The van der Waals surface area contributed by atoms with Crippen molar-refractivity contribution in [1.29, 1.82) is 0 Å². The van der Waals surface area contributed by atoms with Gasteiger partial charge in [-0.15, -0.1) is 6.58 Å². The Morgan fingerprint density at radius 3 is 2.38 bits per heavy atom. The molecule has 2 N–H and O–H groups in total. The summed E-state index contributed by atoms with van der Waals surface area (Å²) >= 11 is 0. The first-order valence-corrected chi connectivity index (χ1v) is 9.30. The van der Waals surface area contributed by atoms with Gasteiger partial charge in [0, 0.05) is 12.2 Å². The fraction of sp³-hybridized carbons (Fsp3) is 0.167. The lowest BCUT2D eigenvalue weighted by molar-refractivity contribution is 0.253. The summed E-state index contributed by atoms with van der Waals surface area (Å²) in [7, 11) is -3.29. The zero-order valence-corrected chi connectivity index (χ0v) is 14.1. The van der Waals surface area contributed by atoms with E-state index in [0.29, 0.717) is 17.8 Å². The zero-order chi connectivity index (χ0) is 17.4. The molecule has 0 atom stereocenters. The first-order valence-electron chi connectivity index (χ1n) is 7.47. The van der Waals surface area contributed by atoms with Gasteiger partial charge in [0.1, 0.15) is 0 Å². The number of nitrogens with one attached hydrogen (secondary N) is 2. The molecule has 2 aromatic rings. The van der Waals surface area contributed by atoms with E-state index in [2.05, 4.69) is 17.2 Å². The normalized spacial score (nSPS) is 10.8. The molecule has 0 fully saturated rings. The highest BCUT2D eigenvalue weighted by Crippen LogP contribution is 2.16. The summed E-state index contributed by atoms with van der Waals surface area (Å²) in [5.74, 6) is -0.0863. The molecule has 0 unspecified atom stereocenters. The summed E-state index contributed by atoms with van der Waals surface area (Å²) in [6.45, 7) is 3.88. The summed E-state index contributed by atoms with van der Waals surface area (Å²) < 4.78 is 24.7. The molecular weight excluding hydrogens is 324 g/mol. The summed E-state index contributed by atoms with van der Waals surface area (Å²) in [5.41, 5.74) is 1.94. The number of carbonyl (C=O) groups excluding carboxylic acids is 1. The predicted octanol–water partition coefficient (Wildman–Crippen LogP) is 3.11. The van der Waals surface area contributed by atoms with E-state index >= 15 is 0 Å². The van der Waals surface area contributed by atoms with Gasteiger partial charge in [-0.25, -0.2) is 13.2 Å². The molecule has 0 bridgehead atoms. The SMILES string of the molecule is C=CCNC(=O)Nc1cccc(CS(=O)(=O)Cc2ccccc2)c1. The van der Waals surface area contributed by atoms with Gasteiger partial charge in [0.05, 0.1) is 11.5 Å². The molecule has 0 aliphatic rings. The minimum absolute atomic E-state index is 0.00861. The van der Waals surface area contributed by atoms with Gasteiger partial charge in [-0.05, 0) is 23.3 Å². The van der Waals surface area contributed by atoms with Crippen LogP contribution in [0.1, 0.15) is 11.1 Å². The Balaban J connectivity index is 2.03. The molecule has 2 rings (SSSR count). The summed E-state index contributed by atoms with van der Waals surface area (Å²) in [6, 6.07) is 15.5. The van der Waals surface area contributed by atoms with Crippen LogP contribution in [0, 0.1) is 0 Å². The lowest BCUT2D eigenvalue weighted by Gasteiger charge is -2.09. The number of benzene rings is 2. The van der Waals surface area contributed by atoms with Crippen molar-refractivity contribution >= 4 is 21.6 Å². The summed E-state index contributed by atoms with van der Waals surface area (Å²) in [5, 5.41) is 5.25. The van der Waals surface area contributed by atoms with E-state index in [-0.39, 0.29) is 17.5 Å². The highest BCUT2D eigenvalue weighted by Gasteiger charge is 2.13. The highest BCUT2D eigenvalue weighted by molar-refractivity contribution is 7.89. The fourth-order valence-electron chi connectivity index (χ4n) is 2.21. The van der Waals surface area contributed by atoms with Crippen molar-refractivity contribution in [2.45, 2.75) is 11.5 Å². The number of rotatable bonds is 7. The lowest BCUT2D eigenvalue weighted by Crippen LogP contribution is -2.28. The third-order valence-electron chi connectivity index (χ3n) is 3.21. The van der Waals surface area contributed by atoms with E-state index in [1.807, 2.05) is 18.2 Å². The first-order chi connectivity index (χ1) is 11.5. The van der Waals surface area contributed by atoms with Crippen molar-refractivity contribution in [1.82, 2.24) is 5.32 Å². The van der Waals surface area contributed by atoms with Gasteiger partial charge in [0.15, 0.2) is 9.84 Å². The number of amides is 2. The average Bonchev–Trinajstić information content (AvgIpc) is 2.53. The maximum atomic E-state index is 12.3. The fourth-order valence-corrected chi connectivity index (χ4v) is 3.70. The van der Waals surface area contributed by atoms with Crippen molar-refractivity contribution in [3.63, 3.8) is 0 Å². The zero-order valence-electron chi connectivity index (χ0n) is 13.2. The van der Waals surface area contributed by atoms with E-state index in [9.17, 15) is 13.2 Å². The van der Waals surface area contributed by atoms with Gasteiger partial charge in [0.25, 0.3) is 0 Å². The smallest absolute Gasteiger partial charge is 0.319 e. The molecule has 0 aromatic heterocycles. The molecule has 0 heterocycles. The van der Waals surface area contributed by atoms with Crippen LogP contribution in [-0.2, 0) is 21.3 Å². The van der Waals surface area contributed by atoms with Crippen LogP contribution in [0.15, 0.2) is 67.3 Å². The van der Waals surface area contributed by atoms with Gasteiger partial charge < -0.3 is 10.6 Å². The standard InChI is InChI=1S/C18H20N2O3S/c1-2-11-19-18(21)20-17-10-6-9-16(12-17)14-24(22,23)13-15-7-4-3-5-8-15/h2-10,12H,1,11,13-14H2,(H2,19,20,21). The second-order valence-corrected chi connectivity index (χ2v) is 7.41. The third-order valence-corrected chi connectivity index (χ3v) is 4.75. The predicted molar refractivity (Wildman–Crippen MR) is 96.4 cm³/mol. The first kappa shape index (κ1) is 17.7. The van der Waals surface area contributed by atoms with Crippen molar-refractivity contribution in [2.24, 2.45) is 0 Å². The van der Waals surface area contributed by atoms with Crippen molar-refractivity contribution in [2.75, 3.05) is 11.9 Å². The number of sulfone groups is 1. The molecular formula is C18H20N2O3S. The van der Waals surface area contributed by atoms with Crippen molar-refractivity contribution in [3.8, 4) is 0 Å². The van der Waals surface area contributed by atoms with Crippen LogP contribution in [0.4, 0.5) is 10.5 Å². The Kier molecular flexibility index (Phi) is 6.14. The van der Waals surface area contributed by atoms with E-state index in [1.165, 1.54) is 0 Å². The molecule has 126 valence electrons. The van der Waals surface area contributed by atoms with Crippen LogP contribution < -0.4 is 10.6 Å². The summed E-state index contributed by atoms with van der Waals surface area (Å²) in [6.07, 6.45) is 1.58. The second-order valence-electron chi connectivity index (χ2n) is 5.34. The molecule has 5 nitrogen and oxygen atoms in total. The number of carbonyl (C=O) groups is 1. The quantitative estimate of drug-likeness (QED) is 0.758. The molecule has 2 amide bonds. The lowest BCUT2D eigenvalue weighted by atomic mass is 10.2. The Bertz CT molecular complexity index is 802. The molecule has 2 aromatic carbocycles. The largest absolute Gasteiger partial charge is 0.334 e. The van der Waals surface area contributed by atoms with Crippen LogP contribution >= 0.6 is 0 Å². The van der Waals surface area contributed by atoms with Gasteiger partial charge in [-0.3, -0.25) is 0 Å². The molecule has 0 aliphatic heterocycles. The second kappa shape index (κ2) is 8.31. The van der Waals surface area contributed by atoms with Gasteiger partial charge in [-0.1, -0.05) is 48.5 Å². The Morgan fingerprint density at radius 1 is 1.00 bits per heavy atom. The monoisotopic (exact) mass is 344 g/mol. The molecule has 0 saturated carbocycles. The number of hydrogen-bond donors (Lipinski definition) is 2. The highest BCUT2D eigenvalue weighted by atomic mass is 32.2. The Morgan fingerprint density at radius 2 is 1.67 bits per heavy atom. The summed E-state index contributed by atoms with van der Waals surface area (Å²) in [4.78, 5) is 11.6. The topological polar surface area (TPSA) is 75.3 Å². The Hall–Kier alpha value is -2.60. The van der Waals surface area contributed by atoms with Gasteiger partial charge in [-0.2, -0.15) is 0 Å². The van der Waals surface area contributed by atoms with Crippen LogP contribution in [0.5, 0.6) is 0 Å². The maximum Gasteiger partial charge on any atom is 0.319 e. The minimum atomic E-state index is -3.29. The molecule has 6 heteroatoms. The van der Waals surface area contributed by atoms with Crippen molar-refractivity contribution < 1.29 is 13.2 Å². The molecule has 0 radical (unpaired) electrons. The Labute approximate surface area is 142 Å². The van der Waals surface area contributed by atoms with Gasteiger partial charge in [0.2, 0.25) is 0 Å². The molecule has 0 saturated heterocycles. The number of hydrogen-bond acceptors (Lipinski definition) is 3. The molecule has 0 spiro atoms. The van der Waals surface area contributed by atoms with E-state index < -0.39 is 9.84 Å². The van der Waals surface area contributed by atoms with Crippen LogP contribution in [0.25, 0.3) is 0 Å².